The predicted molar refractivity (Wildman–Crippen MR) is 92.8 cm³/mol. The fourth-order valence-electron chi connectivity index (χ4n) is 2.72. The Hall–Kier alpha value is -1.83. The molecule has 25 heavy (non-hydrogen) atoms. The first-order chi connectivity index (χ1) is 11.4. The van der Waals surface area contributed by atoms with Crippen molar-refractivity contribution in [2.45, 2.75) is 71.2 Å². The average Bonchev–Trinajstić information content (AvgIpc) is 2.85. The first-order valence-corrected chi connectivity index (χ1v) is 8.63. The van der Waals surface area contributed by atoms with Crippen molar-refractivity contribution in [2.75, 3.05) is 13.6 Å². The molecular formula is C17H31N3O5. The van der Waals surface area contributed by atoms with Crippen LogP contribution in [0.1, 0.15) is 47.5 Å². The number of aliphatic hydroxyl groups is 1. The smallest absolute Gasteiger partial charge is 0.407 e. The number of amides is 3. The van der Waals surface area contributed by atoms with E-state index in [1.54, 1.807) is 20.8 Å². The second kappa shape index (κ2) is 8.51. The fourth-order valence-corrected chi connectivity index (χ4v) is 2.72. The largest absolute Gasteiger partial charge is 0.444 e. The molecule has 1 heterocycles. The summed E-state index contributed by atoms with van der Waals surface area (Å²) in [6, 6.07) is -1.10. The molecule has 1 saturated heterocycles. The van der Waals surface area contributed by atoms with E-state index in [1.165, 1.54) is 11.9 Å². The van der Waals surface area contributed by atoms with E-state index in [4.69, 9.17) is 4.74 Å². The van der Waals surface area contributed by atoms with Gasteiger partial charge in [0.2, 0.25) is 11.8 Å². The highest BCUT2D eigenvalue weighted by Crippen LogP contribution is 2.21. The topological polar surface area (TPSA) is 108 Å². The molecule has 1 aliphatic rings. The number of nitrogens with zero attached hydrogens (tertiary/aromatic N) is 1. The standard InChI is InChI=1S/C17H31N3O5/c1-10(2)12(19-16(24)25-17(3,4)5)8-14(22)20-9-11(21)7-13(20)15(23)18-6/h10-13,21H,7-9H2,1-6H3,(H,18,23)(H,19,24)/t11-,12-,13+/m1/s1. The quantitative estimate of drug-likeness (QED) is 0.669. The monoisotopic (exact) mass is 357 g/mol. The van der Waals surface area contributed by atoms with Crippen LogP contribution in [0.25, 0.3) is 0 Å². The Morgan fingerprint density at radius 3 is 2.36 bits per heavy atom. The summed E-state index contributed by atoms with van der Waals surface area (Å²) < 4.78 is 5.24. The summed E-state index contributed by atoms with van der Waals surface area (Å²) in [5, 5.41) is 15.1. The molecule has 1 fully saturated rings. The number of rotatable bonds is 5. The molecule has 0 bridgehead atoms. The van der Waals surface area contributed by atoms with Crippen LogP contribution >= 0.6 is 0 Å². The second-order valence-corrected chi connectivity index (χ2v) is 7.77. The van der Waals surface area contributed by atoms with Gasteiger partial charge in [-0.2, -0.15) is 0 Å². The van der Waals surface area contributed by atoms with Crippen LogP contribution in [0.15, 0.2) is 0 Å². The number of nitrogens with one attached hydrogen (secondary N) is 2. The number of likely N-dealkylation sites (tertiary alicyclic amines) is 1. The van der Waals surface area contributed by atoms with Crippen molar-refractivity contribution in [1.82, 2.24) is 15.5 Å². The van der Waals surface area contributed by atoms with Gasteiger partial charge in [0.25, 0.3) is 0 Å². The first-order valence-electron chi connectivity index (χ1n) is 8.63. The molecule has 0 unspecified atom stereocenters. The summed E-state index contributed by atoms with van der Waals surface area (Å²) in [6.45, 7) is 9.20. The van der Waals surface area contributed by atoms with Gasteiger partial charge < -0.3 is 25.4 Å². The van der Waals surface area contributed by atoms with E-state index in [-0.39, 0.29) is 37.1 Å². The maximum atomic E-state index is 12.6. The number of hydrogen-bond donors (Lipinski definition) is 3. The molecule has 0 saturated carbocycles. The first kappa shape index (κ1) is 21.2. The van der Waals surface area contributed by atoms with Gasteiger partial charge in [-0.25, -0.2) is 4.79 Å². The zero-order valence-corrected chi connectivity index (χ0v) is 16.0. The number of ether oxygens (including phenoxy) is 1. The van der Waals surface area contributed by atoms with Crippen LogP contribution in [0.3, 0.4) is 0 Å². The van der Waals surface area contributed by atoms with E-state index in [9.17, 15) is 19.5 Å². The number of aliphatic hydroxyl groups excluding tert-OH is 1. The number of alkyl carbamates (subject to hydrolysis) is 1. The van der Waals surface area contributed by atoms with Gasteiger partial charge in [-0.3, -0.25) is 9.59 Å². The van der Waals surface area contributed by atoms with E-state index < -0.39 is 29.9 Å². The number of carbonyl (C=O) groups excluding carboxylic acids is 3. The Balaban J connectivity index is 2.75. The second-order valence-electron chi connectivity index (χ2n) is 7.77. The van der Waals surface area contributed by atoms with Gasteiger partial charge in [0.15, 0.2) is 0 Å². The van der Waals surface area contributed by atoms with E-state index in [0.29, 0.717) is 0 Å². The van der Waals surface area contributed by atoms with Gasteiger partial charge in [0.1, 0.15) is 11.6 Å². The zero-order chi connectivity index (χ0) is 19.4. The maximum absolute atomic E-state index is 12.6. The van der Waals surface area contributed by atoms with E-state index >= 15 is 0 Å². The van der Waals surface area contributed by atoms with E-state index in [1.807, 2.05) is 13.8 Å². The minimum absolute atomic E-state index is 0.00227. The molecule has 3 atom stereocenters. The van der Waals surface area contributed by atoms with Crippen LogP contribution in [0.2, 0.25) is 0 Å². The molecule has 0 aliphatic carbocycles. The van der Waals surface area contributed by atoms with Gasteiger partial charge >= 0.3 is 6.09 Å². The van der Waals surface area contributed by atoms with Crippen LogP contribution in [0.5, 0.6) is 0 Å². The Bertz CT molecular complexity index is 501. The highest BCUT2D eigenvalue weighted by Gasteiger charge is 2.39. The summed E-state index contributed by atoms with van der Waals surface area (Å²) in [7, 11) is 1.50. The highest BCUT2D eigenvalue weighted by atomic mass is 16.6. The van der Waals surface area contributed by atoms with Crippen molar-refractivity contribution in [3.8, 4) is 0 Å². The summed E-state index contributed by atoms with van der Waals surface area (Å²) >= 11 is 0. The SMILES string of the molecule is CNC(=O)[C@@H]1C[C@@H](O)CN1C(=O)C[C@@H](NC(=O)OC(C)(C)C)C(C)C. The van der Waals surface area contributed by atoms with Crippen LogP contribution in [0, 0.1) is 5.92 Å². The Morgan fingerprint density at radius 1 is 1.28 bits per heavy atom. The molecule has 3 amide bonds. The molecule has 0 spiro atoms. The molecule has 1 aliphatic heterocycles. The summed E-state index contributed by atoms with van der Waals surface area (Å²) in [6.07, 6.45) is -1.04. The molecule has 144 valence electrons. The van der Waals surface area contributed by atoms with Crippen molar-refractivity contribution in [3.63, 3.8) is 0 Å². The summed E-state index contributed by atoms with van der Waals surface area (Å²) in [4.78, 5) is 37.9. The van der Waals surface area contributed by atoms with Crippen LogP contribution < -0.4 is 10.6 Å². The van der Waals surface area contributed by atoms with Crippen LogP contribution in [-0.2, 0) is 14.3 Å². The minimum Gasteiger partial charge on any atom is -0.444 e. The maximum Gasteiger partial charge on any atom is 0.407 e. The third kappa shape index (κ3) is 6.53. The van der Waals surface area contributed by atoms with Crippen molar-refractivity contribution >= 4 is 17.9 Å². The zero-order valence-electron chi connectivity index (χ0n) is 16.0. The van der Waals surface area contributed by atoms with Crippen molar-refractivity contribution in [2.24, 2.45) is 5.92 Å². The van der Waals surface area contributed by atoms with Crippen molar-refractivity contribution < 1.29 is 24.2 Å². The molecule has 8 nitrogen and oxygen atoms in total. The molecule has 1 rings (SSSR count). The lowest BCUT2D eigenvalue weighted by Gasteiger charge is -2.28. The highest BCUT2D eigenvalue weighted by molar-refractivity contribution is 5.88. The summed E-state index contributed by atoms with van der Waals surface area (Å²) in [5.74, 6) is -0.576. The Morgan fingerprint density at radius 2 is 1.88 bits per heavy atom. The molecular weight excluding hydrogens is 326 g/mol. The lowest BCUT2D eigenvalue weighted by molar-refractivity contribution is -0.138. The van der Waals surface area contributed by atoms with Gasteiger partial charge in [-0.05, 0) is 26.7 Å². The lowest BCUT2D eigenvalue weighted by atomic mass is 10.00. The van der Waals surface area contributed by atoms with Crippen LogP contribution in [0.4, 0.5) is 4.79 Å². The van der Waals surface area contributed by atoms with E-state index in [2.05, 4.69) is 10.6 Å². The molecule has 0 radical (unpaired) electrons. The number of likely N-dealkylation sites (N-methyl/N-ethyl adjacent to an activating group) is 1. The predicted octanol–water partition coefficient (Wildman–Crippen LogP) is 0.634. The minimum atomic E-state index is -0.720. The molecule has 0 aromatic rings. The molecule has 3 N–H and O–H groups in total. The summed E-state index contributed by atoms with van der Waals surface area (Å²) in [5.41, 5.74) is -0.626. The van der Waals surface area contributed by atoms with Crippen LogP contribution in [-0.4, -0.2) is 65.3 Å². The van der Waals surface area contributed by atoms with Crippen molar-refractivity contribution in [3.05, 3.63) is 0 Å². The molecule has 0 aromatic carbocycles. The number of carbonyl (C=O) groups is 3. The number of hydrogen-bond acceptors (Lipinski definition) is 5. The third-order valence-corrected chi connectivity index (χ3v) is 4.05. The Kier molecular flexibility index (Phi) is 7.22. The van der Waals surface area contributed by atoms with Gasteiger partial charge in [0, 0.05) is 32.5 Å². The molecule has 0 aromatic heterocycles. The average molecular weight is 357 g/mol. The van der Waals surface area contributed by atoms with Crippen molar-refractivity contribution in [1.29, 1.82) is 0 Å². The Labute approximate surface area is 149 Å². The van der Waals surface area contributed by atoms with Gasteiger partial charge in [0.05, 0.1) is 6.10 Å². The third-order valence-electron chi connectivity index (χ3n) is 4.05. The fraction of sp³-hybridized carbons (Fsp3) is 0.824. The van der Waals surface area contributed by atoms with E-state index in [0.717, 1.165) is 0 Å². The lowest BCUT2D eigenvalue weighted by Crippen LogP contribution is -2.49. The van der Waals surface area contributed by atoms with Gasteiger partial charge in [-0.1, -0.05) is 13.8 Å². The normalized spacial score (nSPS) is 21.8. The number of β-amino-alcohol motifs (C(OH)–C–C–N with tert-alkyl or cyclic N) is 1. The molecule has 8 heteroatoms. The van der Waals surface area contributed by atoms with Gasteiger partial charge in [-0.15, -0.1) is 0 Å².